The van der Waals surface area contributed by atoms with Crippen LogP contribution in [0.1, 0.15) is 57.2 Å². The maximum absolute atomic E-state index is 15.4. The van der Waals surface area contributed by atoms with Crippen LogP contribution in [-0.4, -0.2) is 77.1 Å². The highest BCUT2D eigenvalue weighted by Crippen LogP contribution is 2.47. The normalized spacial score (nSPS) is 18.9. The van der Waals surface area contributed by atoms with Gasteiger partial charge < -0.3 is 24.4 Å². The van der Waals surface area contributed by atoms with Crippen LogP contribution in [0, 0.1) is 17.1 Å². The molecule has 2 atom stereocenters. The number of carbonyl (C=O) groups excluding carboxylic acids is 1. The van der Waals surface area contributed by atoms with Gasteiger partial charge in [-0.1, -0.05) is 13.0 Å². The Bertz CT molecular complexity index is 2210. The maximum Gasteiger partial charge on any atom is 0.412 e. The summed E-state index contributed by atoms with van der Waals surface area (Å²) in [5.74, 6) is -0.391. The van der Waals surface area contributed by atoms with Crippen LogP contribution in [0.15, 0.2) is 23.4 Å². The molecule has 256 valence electrons. The summed E-state index contributed by atoms with van der Waals surface area (Å²) in [6.07, 6.45) is -0.355. The molecule has 2 aromatic heterocycles. The van der Waals surface area contributed by atoms with Gasteiger partial charge in [0.2, 0.25) is 15.0 Å². The van der Waals surface area contributed by atoms with Gasteiger partial charge >= 0.3 is 12.2 Å². The van der Waals surface area contributed by atoms with Crippen LogP contribution < -0.4 is 10.2 Å². The third-order valence-corrected chi connectivity index (χ3v) is 11.7. The predicted octanol–water partition coefficient (Wildman–Crippen LogP) is 6.02. The van der Waals surface area contributed by atoms with Crippen molar-refractivity contribution in [2.75, 3.05) is 29.1 Å². The van der Waals surface area contributed by atoms with Crippen LogP contribution in [0.2, 0.25) is 0 Å². The molecule has 2 N–H and O–H groups in total. The molecule has 13 nitrogen and oxygen atoms in total. The van der Waals surface area contributed by atoms with Gasteiger partial charge in [-0.15, -0.1) is 11.3 Å². The monoisotopic (exact) mass is 708 g/mol. The van der Waals surface area contributed by atoms with Gasteiger partial charge in [0.25, 0.3) is 0 Å². The lowest BCUT2D eigenvalue weighted by molar-refractivity contribution is 0.0636. The van der Waals surface area contributed by atoms with E-state index in [9.17, 15) is 28.4 Å². The zero-order valence-corrected chi connectivity index (χ0v) is 28.8. The second-order valence-electron chi connectivity index (χ2n) is 13.3. The van der Waals surface area contributed by atoms with Gasteiger partial charge in [-0.05, 0) is 68.0 Å². The van der Waals surface area contributed by atoms with Gasteiger partial charge in [0, 0.05) is 35.9 Å². The Hall–Kier alpha value is -4.59. The first-order valence-corrected chi connectivity index (χ1v) is 18.3. The van der Waals surface area contributed by atoms with Crippen molar-refractivity contribution in [3.8, 4) is 17.2 Å². The Morgan fingerprint density at radius 3 is 2.47 bits per heavy atom. The maximum atomic E-state index is 15.4. The Balaban J connectivity index is 1.46. The number of rotatable bonds is 5. The van der Waals surface area contributed by atoms with Crippen molar-refractivity contribution in [1.29, 1.82) is 5.26 Å². The Morgan fingerprint density at radius 2 is 1.84 bits per heavy atom. The Labute approximate surface area is 285 Å². The number of halogens is 1. The van der Waals surface area contributed by atoms with Gasteiger partial charge in [0.05, 0.1) is 34.7 Å². The third-order valence-electron chi connectivity index (χ3n) is 9.13. The Morgan fingerprint density at radius 1 is 1.14 bits per heavy atom. The summed E-state index contributed by atoms with van der Waals surface area (Å²) in [5.41, 5.74) is 2.13. The van der Waals surface area contributed by atoms with Gasteiger partial charge in [-0.2, -0.15) is 5.26 Å². The fourth-order valence-corrected chi connectivity index (χ4v) is 8.83. The van der Waals surface area contributed by atoms with Crippen molar-refractivity contribution < 1.29 is 37.0 Å². The first-order chi connectivity index (χ1) is 23.2. The first kappa shape index (κ1) is 32.9. The highest BCUT2D eigenvalue weighted by Gasteiger charge is 2.44. The molecule has 3 aliphatic rings. The zero-order valence-electron chi connectivity index (χ0n) is 27.2. The van der Waals surface area contributed by atoms with E-state index >= 15 is 4.39 Å². The lowest BCUT2D eigenvalue weighted by Gasteiger charge is -2.41. The average molecular weight is 709 g/mol. The molecule has 2 amide bonds. The molecule has 0 saturated carbocycles. The third kappa shape index (κ3) is 5.59. The lowest BCUT2D eigenvalue weighted by Crippen LogP contribution is -2.55. The van der Waals surface area contributed by atoms with Crippen LogP contribution in [0.25, 0.3) is 32.1 Å². The SMILES string of the molecule is CCS(=O)(=O)c1nc(N2C3CCC2CN(C(=O)O)C3)c2c3c(c(-c4ccc(F)c5sc(NC(=O)OC(C)(C)C)c(C#N)c45)cc2n1)COC3. The fourth-order valence-electron chi connectivity index (χ4n) is 7.04. The number of nitriles is 1. The van der Waals surface area contributed by atoms with Gasteiger partial charge in [0.1, 0.15) is 28.3 Å². The second kappa shape index (κ2) is 11.8. The number of anilines is 2. The summed E-state index contributed by atoms with van der Waals surface area (Å²) in [4.78, 5) is 37.2. The number of hydrogen-bond acceptors (Lipinski definition) is 11. The molecule has 2 bridgehead atoms. The number of fused-ring (bicyclic) bond motifs is 6. The van der Waals surface area contributed by atoms with E-state index in [1.165, 1.54) is 17.9 Å². The summed E-state index contributed by atoms with van der Waals surface area (Å²) in [7, 11) is -3.88. The van der Waals surface area contributed by atoms with E-state index in [1.54, 1.807) is 32.9 Å². The predicted molar refractivity (Wildman–Crippen MR) is 180 cm³/mol. The molecule has 0 aliphatic carbocycles. The lowest BCUT2D eigenvalue weighted by atomic mass is 9.91. The van der Waals surface area contributed by atoms with E-state index in [0.717, 1.165) is 35.3 Å². The van der Waals surface area contributed by atoms with Crippen LogP contribution in [0.4, 0.5) is 24.8 Å². The average Bonchev–Trinajstić information content (AvgIpc) is 3.73. The number of nitrogens with one attached hydrogen (secondary N) is 1. The number of ether oxygens (including phenoxy) is 2. The molecular formula is C33H33FN6O7S2. The van der Waals surface area contributed by atoms with Crippen molar-refractivity contribution in [2.45, 2.75) is 76.6 Å². The van der Waals surface area contributed by atoms with E-state index < -0.39 is 33.4 Å². The summed E-state index contributed by atoms with van der Waals surface area (Å²) in [5, 5.41) is 23.3. The fraction of sp³-hybridized carbons (Fsp3) is 0.424. The number of carbonyl (C=O) groups is 2. The summed E-state index contributed by atoms with van der Waals surface area (Å²) in [6, 6.07) is 6.28. The molecule has 7 rings (SSSR count). The van der Waals surface area contributed by atoms with Crippen molar-refractivity contribution >= 4 is 65.2 Å². The number of likely N-dealkylation sites (tertiary alicyclic amines) is 1. The van der Waals surface area contributed by atoms with E-state index in [0.29, 0.717) is 27.8 Å². The van der Waals surface area contributed by atoms with Crippen LogP contribution in [-0.2, 0) is 32.5 Å². The van der Waals surface area contributed by atoms with Crippen molar-refractivity contribution in [3.63, 3.8) is 0 Å². The number of benzene rings is 2. The Kier molecular flexibility index (Phi) is 7.92. The van der Waals surface area contributed by atoms with E-state index in [-0.39, 0.29) is 69.9 Å². The van der Waals surface area contributed by atoms with Crippen LogP contribution in [0.5, 0.6) is 0 Å². The number of sulfone groups is 1. The van der Waals surface area contributed by atoms with Crippen molar-refractivity contribution in [3.05, 3.63) is 40.7 Å². The minimum atomic E-state index is -3.88. The van der Waals surface area contributed by atoms with Crippen LogP contribution >= 0.6 is 11.3 Å². The van der Waals surface area contributed by atoms with Gasteiger partial charge in [-0.25, -0.2) is 32.4 Å². The molecule has 16 heteroatoms. The zero-order chi connectivity index (χ0) is 35.0. The topological polar surface area (TPSA) is 175 Å². The number of aromatic nitrogens is 2. The summed E-state index contributed by atoms with van der Waals surface area (Å²) in [6.45, 7) is 7.49. The van der Waals surface area contributed by atoms with E-state index in [4.69, 9.17) is 9.47 Å². The van der Waals surface area contributed by atoms with Gasteiger partial charge in [0.15, 0.2) is 0 Å². The smallest absolute Gasteiger partial charge is 0.412 e. The number of nitrogens with zero attached hydrogens (tertiary/aromatic N) is 5. The molecule has 2 unspecified atom stereocenters. The highest BCUT2D eigenvalue weighted by molar-refractivity contribution is 7.91. The molecular weight excluding hydrogens is 676 g/mol. The molecule has 0 radical (unpaired) electrons. The number of carboxylic acid groups (broad SMARTS) is 1. The van der Waals surface area contributed by atoms with Crippen LogP contribution in [0.3, 0.4) is 0 Å². The van der Waals surface area contributed by atoms with Gasteiger partial charge in [-0.3, -0.25) is 5.32 Å². The summed E-state index contributed by atoms with van der Waals surface area (Å²) < 4.78 is 53.5. The quantitative estimate of drug-likeness (QED) is 0.232. The second-order valence-corrected chi connectivity index (χ2v) is 16.5. The molecule has 2 fully saturated rings. The molecule has 5 heterocycles. The molecule has 4 aromatic rings. The van der Waals surface area contributed by atoms with Crippen molar-refractivity contribution in [1.82, 2.24) is 14.9 Å². The number of thiophene rings is 1. The molecule has 2 saturated heterocycles. The molecule has 0 spiro atoms. The largest absolute Gasteiger partial charge is 0.465 e. The summed E-state index contributed by atoms with van der Waals surface area (Å²) >= 11 is 0.917. The number of hydrogen-bond donors (Lipinski definition) is 2. The molecule has 49 heavy (non-hydrogen) atoms. The first-order valence-electron chi connectivity index (χ1n) is 15.8. The van der Waals surface area contributed by atoms with E-state index in [1.807, 2.05) is 4.90 Å². The number of piperazine rings is 1. The minimum absolute atomic E-state index is 0.0543. The number of amides is 2. The minimum Gasteiger partial charge on any atom is -0.465 e. The van der Waals surface area contributed by atoms with E-state index in [2.05, 4.69) is 21.4 Å². The molecule has 3 aliphatic heterocycles. The molecule has 2 aromatic carbocycles. The highest BCUT2D eigenvalue weighted by atomic mass is 32.2. The standard InChI is InChI=1S/C33H33FN6O7S2/c1-5-49(44,45)30-36-24-10-19(18-8-9-23(34)27-25(18)20(11-35)29(48-27)38-31(41)47-33(2,3)4)21-14-46-15-22(21)26(24)28(37-30)40-16-6-7-17(40)13-39(12-16)32(42)43/h8-10,16-17H,5-7,12-15H2,1-4H3,(H,38,41)(H,42,43). The van der Waals surface area contributed by atoms with Crippen molar-refractivity contribution in [2.24, 2.45) is 0 Å².